The largest absolute Gasteiger partial charge is 0.396 e. The molecule has 1 aromatic rings. The standard InChI is InChI=1S/C14H22N2O3S/c17-10-5-14-2-1-9-16(12-14)20(18,19)11-6-13-3-7-15-8-4-13/h3-4,7-8,14,17H,1-2,5-6,9-12H2. The second kappa shape index (κ2) is 7.15. The van der Waals surface area contributed by atoms with Gasteiger partial charge in [-0.3, -0.25) is 4.98 Å². The van der Waals surface area contributed by atoms with E-state index in [9.17, 15) is 8.42 Å². The molecule has 1 aliphatic rings. The number of hydrogen-bond donors (Lipinski definition) is 1. The highest BCUT2D eigenvalue weighted by atomic mass is 32.2. The normalized spacial score (nSPS) is 20.9. The van der Waals surface area contributed by atoms with Crippen LogP contribution in [-0.2, 0) is 16.4 Å². The van der Waals surface area contributed by atoms with E-state index in [0.29, 0.717) is 31.8 Å². The average molecular weight is 298 g/mol. The van der Waals surface area contributed by atoms with Gasteiger partial charge in [0.05, 0.1) is 5.75 Å². The summed E-state index contributed by atoms with van der Waals surface area (Å²) in [7, 11) is -3.20. The second-order valence-electron chi connectivity index (χ2n) is 5.30. The minimum absolute atomic E-state index is 0.134. The van der Waals surface area contributed by atoms with Crippen molar-refractivity contribution in [3.05, 3.63) is 30.1 Å². The molecule has 0 spiro atoms. The van der Waals surface area contributed by atoms with Crippen LogP contribution in [0.4, 0.5) is 0 Å². The van der Waals surface area contributed by atoms with Crippen LogP contribution >= 0.6 is 0 Å². The second-order valence-corrected chi connectivity index (χ2v) is 7.39. The van der Waals surface area contributed by atoms with Crippen LogP contribution in [0.25, 0.3) is 0 Å². The van der Waals surface area contributed by atoms with Crippen molar-refractivity contribution in [2.45, 2.75) is 25.7 Å². The molecule has 2 rings (SSSR count). The molecule has 1 saturated heterocycles. The van der Waals surface area contributed by atoms with Gasteiger partial charge in [-0.25, -0.2) is 12.7 Å². The third kappa shape index (κ3) is 4.26. The Bertz CT molecular complexity index is 502. The molecule has 1 fully saturated rings. The Labute approximate surface area is 120 Å². The molecule has 1 aliphatic heterocycles. The molecular formula is C14H22N2O3S. The predicted octanol–water partition coefficient (Wildman–Crippen LogP) is 1.05. The molecule has 0 amide bonds. The van der Waals surface area contributed by atoms with Crippen molar-refractivity contribution in [3.63, 3.8) is 0 Å². The van der Waals surface area contributed by atoms with E-state index in [1.54, 1.807) is 16.7 Å². The number of aliphatic hydroxyl groups excluding tert-OH is 1. The van der Waals surface area contributed by atoms with Crippen molar-refractivity contribution in [1.82, 2.24) is 9.29 Å². The lowest BCUT2D eigenvalue weighted by molar-refractivity contribution is 0.203. The number of aryl methyl sites for hydroxylation is 1. The quantitative estimate of drug-likeness (QED) is 0.852. The lowest BCUT2D eigenvalue weighted by Gasteiger charge is -2.31. The summed E-state index contributed by atoms with van der Waals surface area (Å²) < 4.78 is 26.3. The maximum atomic E-state index is 12.4. The Morgan fingerprint density at radius 1 is 1.35 bits per heavy atom. The number of hydrogen-bond acceptors (Lipinski definition) is 4. The van der Waals surface area contributed by atoms with Crippen LogP contribution in [0.2, 0.25) is 0 Å². The molecule has 112 valence electrons. The summed E-state index contributed by atoms with van der Waals surface area (Å²) in [4.78, 5) is 3.93. The van der Waals surface area contributed by atoms with Crippen LogP contribution in [-0.4, -0.2) is 48.3 Å². The number of sulfonamides is 1. The highest BCUT2D eigenvalue weighted by Crippen LogP contribution is 2.22. The smallest absolute Gasteiger partial charge is 0.214 e. The van der Waals surface area contributed by atoms with Crippen LogP contribution in [0, 0.1) is 5.92 Å². The number of pyridine rings is 1. The average Bonchev–Trinajstić information content (AvgIpc) is 2.47. The first kappa shape index (κ1) is 15.4. The summed E-state index contributed by atoms with van der Waals surface area (Å²) in [6, 6.07) is 3.70. The Hall–Kier alpha value is -0.980. The fraction of sp³-hybridized carbons (Fsp3) is 0.643. The third-order valence-corrected chi connectivity index (χ3v) is 5.65. The molecule has 20 heavy (non-hydrogen) atoms. The zero-order valence-corrected chi connectivity index (χ0v) is 12.4. The Morgan fingerprint density at radius 2 is 2.10 bits per heavy atom. The van der Waals surface area contributed by atoms with Crippen molar-refractivity contribution in [3.8, 4) is 0 Å². The first-order valence-corrected chi connectivity index (χ1v) is 8.70. The first-order chi connectivity index (χ1) is 9.62. The summed E-state index contributed by atoms with van der Waals surface area (Å²) >= 11 is 0. The lowest BCUT2D eigenvalue weighted by atomic mass is 9.97. The van der Waals surface area contributed by atoms with Gasteiger partial charge in [0.25, 0.3) is 0 Å². The van der Waals surface area contributed by atoms with E-state index in [0.717, 1.165) is 18.4 Å². The van der Waals surface area contributed by atoms with E-state index >= 15 is 0 Å². The van der Waals surface area contributed by atoms with Gasteiger partial charge in [0.1, 0.15) is 0 Å². The van der Waals surface area contributed by atoms with Crippen molar-refractivity contribution in [1.29, 1.82) is 0 Å². The van der Waals surface area contributed by atoms with E-state index in [1.165, 1.54) is 0 Å². The minimum atomic E-state index is -3.20. The summed E-state index contributed by atoms with van der Waals surface area (Å²) in [5, 5.41) is 8.99. The summed E-state index contributed by atoms with van der Waals surface area (Å²) in [6.07, 6.45) is 6.47. The lowest BCUT2D eigenvalue weighted by Crippen LogP contribution is -2.41. The van der Waals surface area contributed by atoms with Crippen molar-refractivity contribution >= 4 is 10.0 Å². The number of aliphatic hydroxyl groups is 1. The third-order valence-electron chi connectivity index (χ3n) is 3.81. The first-order valence-electron chi connectivity index (χ1n) is 7.09. The van der Waals surface area contributed by atoms with Crippen molar-refractivity contribution in [2.75, 3.05) is 25.4 Å². The minimum Gasteiger partial charge on any atom is -0.396 e. The molecule has 0 aliphatic carbocycles. The van der Waals surface area contributed by atoms with E-state index in [2.05, 4.69) is 4.98 Å². The molecular weight excluding hydrogens is 276 g/mol. The monoisotopic (exact) mass is 298 g/mol. The molecule has 1 unspecified atom stereocenters. The summed E-state index contributed by atoms with van der Waals surface area (Å²) in [5.74, 6) is 0.438. The molecule has 0 radical (unpaired) electrons. The summed E-state index contributed by atoms with van der Waals surface area (Å²) in [6.45, 7) is 1.30. The molecule has 1 N–H and O–H groups in total. The SMILES string of the molecule is O=S(=O)(CCc1ccncc1)N1CCCC(CCO)C1. The van der Waals surface area contributed by atoms with E-state index in [4.69, 9.17) is 5.11 Å². The fourth-order valence-corrected chi connectivity index (χ4v) is 4.22. The zero-order chi connectivity index (χ0) is 14.4. The number of piperidine rings is 1. The Morgan fingerprint density at radius 3 is 2.80 bits per heavy atom. The molecule has 6 heteroatoms. The molecule has 0 aromatic carbocycles. The van der Waals surface area contributed by atoms with Crippen LogP contribution in [0.15, 0.2) is 24.5 Å². The van der Waals surface area contributed by atoms with Crippen LogP contribution < -0.4 is 0 Å². The van der Waals surface area contributed by atoms with Crippen LogP contribution in [0.3, 0.4) is 0 Å². The summed E-state index contributed by atoms with van der Waals surface area (Å²) in [5.41, 5.74) is 0.993. The van der Waals surface area contributed by atoms with Crippen molar-refractivity contribution < 1.29 is 13.5 Å². The van der Waals surface area contributed by atoms with Crippen molar-refractivity contribution in [2.24, 2.45) is 5.92 Å². The number of rotatable bonds is 6. The topological polar surface area (TPSA) is 70.5 Å². The van der Waals surface area contributed by atoms with Gasteiger partial charge in [-0.05, 0) is 49.3 Å². The Balaban J connectivity index is 1.92. The molecule has 2 heterocycles. The maximum absolute atomic E-state index is 12.4. The number of nitrogens with zero attached hydrogens (tertiary/aromatic N) is 2. The van der Waals surface area contributed by atoms with Gasteiger partial charge in [-0.15, -0.1) is 0 Å². The van der Waals surface area contributed by atoms with Gasteiger partial charge in [0.2, 0.25) is 10.0 Å². The van der Waals surface area contributed by atoms with Gasteiger partial charge >= 0.3 is 0 Å². The van der Waals surface area contributed by atoms with Gasteiger partial charge < -0.3 is 5.11 Å². The number of aromatic nitrogens is 1. The van der Waals surface area contributed by atoms with Gasteiger partial charge in [-0.1, -0.05) is 0 Å². The molecule has 1 aromatic heterocycles. The molecule has 0 bridgehead atoms. The zero-order valence-electron chi connectivity index (χ0n) is 11.6. The van der Waals surface area contributed by atoms with Crippen LogP contribution in [0.5, 0.6) is 0 Å². The van der Waals surface area contributed by atoms with E-state index in [1.807, 2.05) is 12.1 Å². The fourth-order valence-electron chi connectivity index (χ4n) is 2.62. The van der Waals surface area contributed by atoms with Gasteiger partial charge in [0, 0.05) is 32.1 Å². The molecule has 0 saturated carbocycles. The van der Waals surface area contributed by atoms with Crippen LogP contribution in [0.1, 0.15) is 24.8 Å². The molecule has 5 nitrogen and oxygen atoms in total. The Kier molecular flexibility index (Phi) is 5.51. The van der Waals surface area contributed by atoms with E-state index < -0.39 is 10.0 Å². The maximum Gasteiger partial charge on any atom is 0.214 e. The van der Waals surface area contributed by atoms with E-state index in [-0.39, 0.29) is 12.4 Å². The highest BCUT2D eigenvalue weighted by molar-refractivity contribution is 7.89. The highest BCUT2D eigenvalue weighted by Gasteiger charge is 2.28. The van der Waals surface area contributed by atoms with Gasteiger partial charge in [-0.2, -0.15) is 0 Å². The molecule has 1 atom stereocenters. The van der Waals surface area contributed by atoms with Gasteiger partial charge in [0.15, 0.2) is 0 Å². The predicted molar refractivity (Wildman–Crippen MR) is 77.7 cm³/mol.